The lowest BCUT2D eigenvalue weighted by Crippen LogP contribution is -2.21. The lowest BCUT2D eigenvalue weighted by atomic mass is 10.1. The molecule has 2 fully saturated rings. The summed E-state index contributed by atoms with van der Waals surface area (Å²) in [7, 11) is 0. The molecule has 0 bridgehead atoms. The molecule has 3 nitrogen and oxygen atoms in total. The topological polar surface area (TPSA) is 35.5 Å². The van der Waals surface area contributed by atoms with Gasteiger partial charge >= 0.3 is 5.97 Å². The van der Waals surface area contributed by atoms with Crippen LogP contribution in [0.2, 0.25) is 0 Å². The summed E-state index contributed by atoms with van der Waals surface area (Å²) in [6.07, 6.45) is 3.62. The summed E-state index contributed by atoms with van der Waals surface area (Å²) in [4.78, 5) is 11.5. The van der Waals surface area contributed by atoms with Crippen LogP contribution < -0.4 is 0 Å². The molecule has 1 atom stereocenters. The first-order valence-electron chi connectivity index (χ1n) is 5.12. The molecule has 1 aliphatic carbocycles. The molecule has 1 unspecified atom stereocenters. The Labute approximate surface area is 89.6 Å². The molecule has 0 aromatic rings. The molecule has 0 N–H and O–H groups in total. The van der Waals surface area contributed by atoms with E-state index in [1.54, 1.807) is 0 Å². The van der Waals surface area contributed by atoms with Crippen molar-refractivity contribution in [3.8, 4) is 0 Å². The minimum Gasteiger partial charge on any atom is -0.460 e. The Bertz CT molecular complexity index is 219. The van der Waals surface area contributed by atoms with Crippen LogP contribution in [-0.4, -0.2) is 31.0 Å². The average Bonchev–Trinajstić information content (AvgIpc) is 2.74. The standard InChI is InChI=1S/C10H16O3S/c11-9(5-10(7-14)2-3-10)13-8-1-4-12-6-8/h8,14H,1-7H2. The number of ether oxygens (including phenoxy) is 2. The largest absolute Gasteiger partial charge is 0.460 e. The fourth-order valence-electron chi connectivity index (χ4n) is 1.71. The molecule has 1 saturated carbocycles. The fourth-order valence-corrected chi connectivity index (χ4v) is 2.14. The molecule has 0 aromatic heterocycles. The van der Waals surface area contributed by atoms with Crippen LogP contribution in [0.3, 0.4) is 0 Å². The van der Waals surface area contributed by atoms with Crippen molar-refractivity contribution < 1.29 is 14.3 Å². The van der Waals surface area contributed by atoms with E-state index in [2.05, 4.69) is 12.6 Å². The van der Waals surface area contributed by atoms with E-state index in [0.29, 0.717) is 13.0 Å². The zero-order chi connectivity index (χ0) is 10.0. The SMILES string of the molecule is O=C(CC1(CS)CC1)OC1CCOC1. The molecular weight excluding hydrogens is 200 g/mol. The summed E-state index contributed by atoms with van der Waals surface area (Å²) in [6.45, 7) is 1.29. The highest BCUT2D eigenvalue weighted by Gasteiger charge is 2.43. The van der Waals surface area contributed by atoms with Gasteiger partial charge < -0.3 is 9.47 Å². The van der Waals surface area contributed by atoms with Crippen molar-refractivity contribution >= 4 is 18.6 Å². The first-order valence-corrected chi connectivity index (χ1v) is 5.75. The lowest BCUT2D eigenvalue weighted by molar-refractivity contribution is -0.150. The molecule has 14 heavy (non-hydrogen) atoms. The fraction of sp³-hybridized carbons (Fsp3) is 0.900. The van der Waals surface area contributed by atoms with E-state index in [0.717, 1.165) is 31.6 Å². The highest BCUT2D eigenvalue weighted by Crippen LogP contribution is 2.49. The quantitative estimate of drug-likeness (QED) is 0.570. The molecule has 0 aromatic carbocycles. The van der Waals surface area contributed by atoms with Crippen molar-refractivity contribution in [1.29, 1.82) is 0 Å². The zero-order valence-corrected chi connectivity index (χ0v) is 9.09. The summed E-state index contributed by atoms with van der Waals surface area (Å²) in [5.41, 5.74) is 0.166. The summed E-state index contributed by atoms with van der Waals surface area (Å²) in [5, 5.41) is 0. The second-order valence-corrected chi connectivity index (χ2v) is 4.63. The van der Waals surface area contributed by atoms with Crippen LogP contribution in [-0.2, 0) is 14.3 Å². The third-order valence-corrected chi connectivity index (χ3v) is 3.67. The van der Waals surface area contributed by atoms with Crippen molar-refractivity contribution in [2.75, 3.05) is 19.0 Å². The number of thiol groups is 1. The number of rotatable bonds is 4. The highest BCUT2D eigenvalue weighted by molar-refractivity contribution is 7.80. The van der Waals surface area contributed by atoms with E-state index < -0.39 is 0 Å². The highest BCUT2D eigenvalue weighted by atomic mass is 32.1. The van der Waals surface area contributed by atoms with Crippen molar-refractivity contribution in [2.24, 2.45) is 5.41 Å². The molecule has 0 amide bonds. The van der Waals surface area contributed by atoms with E-state index in [9.17, 15) is 4.79 Å². The van der Waals surface area contributed by atoms with Crippen LogP contribution in [0, 0.1) is 5.41 Å². The van der Waals surface area contributed by atoms with E-state index in [1.807, 2.05) is 0 Å². The molecule has 0 radical (unpaired) electrons. The van der Waals surface area contributed by atoms with E-state index in [1.165, 1.54) is 0 Å². The Hall–Kier alpha value is -0.220. The van der Waals surface area contributed by atoms with Gasteiger partial charge in [0.15, 0.2) is 0 Å². The van der Waals surface area contributed by atoms with Gasteiger partial charge in [0.2, 0.25) is 0 Å². The van der Waals surface area contributed by atoms with E-state index >= 15 is 0 Å². The number of carbonyl (C=O) groups excluding carboxylic acids is 1. The number of hydrogen-bond acceptors (Lipinski definition) is 4. The predicted octanol–water partition coefficient (Wildman–Crippen LogP) is 1.42. The number of esters is 1. The van der Waals surface area contributed by atoms with E-state index in [4.69, 9.17) is 9.47 Å². The molecule has 2 aliphatic rings. The van der Waals surface area contributed by atoms with Gasteiger partial charge in [-0.3, -0.25) is 4.79 Å². The smallest absolute Gasteiger partial charge is 0.306 e. The maximum absolute atomic E-state index is 11.5. The predicted molar refractivity (Wildman–Crippen MR) is 55.5 cm³/mol. The second-order valence-electron chi connectivity index (χ2n) is 4.31. The Morgan fingerprint density at radius 1 is 1.57 bits per heavy atom. The van der Waals surface area contributed by atoms with Gasteiger partial charge in [-0.1, -0.05) is 0 Å². The van der Waals surface area contributed by atoms with Crippen molar-refractivity contribution in [2.45, 2.75) is 31.8 Å². The summed E-state index contributed by atoms with van der Waals surface area (Å²) in [5.74, 6) is 0.718. The lowest BCUT2D eigenvalue weighted by Gasteiger charge is -2.14. The maximum Gasteiger partial charge on any atom is 0.306 e. The van der Waals surface area contributed by atoms with Crippen molar-refractivity contribution in [3.05, 3.63) is 0 Å². The van der Waals surface area contributed by atoms with Crippen LogP contribution in [0.1, 0.15) is 25.7 Å². The summed E-state index contributed by atoms with van der Waals surface area (Å²) >= 11 is 4.25. The van der Waals surface area contributed by atoms with Gasteiger partial charge in [-0.2, -0.15) is 12.6 Å². The molecule has 4 heteroatoms. The normalized spacial score (nSPS) is 28.8. The Balaban J connectivity index is 1.73. The number of carbonyl (C=O) groups is 1. The first-order chi connectivity index (χ1) is 6.74. The van der Waals surface area contributed by atoms with Crippen LogP contribution in [0.4, 0.5) is 0 Å². The van der Waals surface area contributed by atoms with E-state index in [-0.39, 0.29) is 17.5 Å². The summed E-state index contributed by atoms with van der Waals surface area (Å²) in [6, 6.07) is 0. The molecule has 2 rings (SSSR count). The van der Waals surface area contributed by atoms with Crippen molar-refractivity contribution in [3.63, 3.8) is 0 Å². The van der Waals surface area contributed by atoms with Crippen LogP contribution in [0.15, 0.2) is 0 Å². The third-order valence-electron chi connectivity index (χ3n) is 3.00. The van der Waals surface area contributed by atoms with Gasteiger partial charge in [0, 0.05) is 6.42 Å². The van der Waals surface area contributed by atoms with Crippen LogP contribution >= 0.6 is 12.6 Å². The Morgan fingerprint density at radius 3 is 2.86 bits per heavy atom. The Morgan fingerprint density at radius 2 is 2.36 bits per heavy atom. The zero-order valence-electron chi connectivity index (χ0n) is 8.20. The minimum absolute atomic E-state index is 0.00165. The van der Waals surface area contributed by atoms with Crippen LogP contribution in [0.25, 0.3) is 0 Å². The maximum atomic E-state index is 11.5. The van der Waals surface area contributed by atoms with Crippen molar-refractivity contribution in [1.82, 2.24) is 0 Å². The minimum atomic E-state index is -0.0768. The molecule has 1 saturated heterocycles. The molecule has 0 spiro atoms. The number of hydrogen-bond donors (Lipinski definition) is 1. The summed E-state index contributed by atoms with van der Waals surface area (Å²) < 4.78 is 10.4. The van der Waals surface area contributed by atoms with Gasteiger partial charge in [-0.05, 0) is 24.0 Å². The Kier molecular flexibility index (Phi) is 3.02. The molecule has 1 aliphatic heterocycles. The van der Waals surface area contributed by atoms with Crippen LogP contribution in [0.5, 0.6) is 0 Å². The monoisotopic (exact) mass is 216 g/mol. The molecule has 1 heterocycles. The third kappa shape index (κ3) is 2.42. The van der Waals surface area contributed by atoms with Gasteiger partial charge in [0.1, 0.15) is 6.10 Å². The second kappa shape index (κ2) is 4.11. The molecule has 80 valence electrons. The van der Waals surface area contributed by atoms with Gasteiger partial charge in [-0.15, -0.1) is 0 Å². The van der Waals surface area contributed by atoms with Gasteiger partial charge in [-0.25, -0.2) is 0 Å². The van der Waals surface area contributed by atoms with Gasteiger partial charge in [0.25, 0.3) is 0 Å². The molecular formula is C10H16O3S. The van der Waals surface area contributed by atoms with Gasteiger partial charge in [0.05, 0.1) is 19.6 Å². The first kappa shape index (κ1) is 10.3. The average molecular weight is 216 g/mol.